The minimum atomic E-state index is -0.296. The zero-order valence-corrected chi connectivity index (χ0v) is 22.3. The van der Waals surface area contributed by atoms with Crippen molar-refractivity contribution < 1.29 is 9.13 Å². The number of ether oxygens (including phenoxy) is 1. The van der Waals surface area contributed by atoms with Crippen LogP contribution in [-0.2, 0) is 10.2 Å². The van der Waals surface area contributed by atoms with Crippen LogP contribution in [0.3, 0.4) is 0 Å². The van der Waals surface area contributed by atoms with E-state index in [1.165, 1.54) is 12.8 Å². The summed E-state index contributed by atoms with van der Waals surface area (Å²) < 4.78 is 22.7. The highest BCUT2D eigenvalue weighted by atomic mass is 19.1. The number of rotatable bonds is 3. The Morgan fingerprint density at radius 1 is 0.946 bits per heavy atom. The van der Waals surface area contributed by atoms with E-state index in [1.807, 2.05) is 49.1 Å². The lowest BCUT2D eigenvalue weighted by molar-refractivity contribution is 0.0836. The van der Waals surface area contributed by atoms with Crippen LogP contribution < -0.4 is 0 Å². The highest BCUT2D eigenvalue weighted by Crippen LogP contribution is 2.34. The maximum absolute atomic E-state index is 15.2. The van der Waals surface area contributed by atoms with Gasteiger partial charge in [0.1, 0.15) is 22.9 Å². The van der Waals surface area contributed by atoms with E-state index in [9.17, 15) is 0 Å². The van der Waals surface area contributed by atoms with E-state index in [0.29, 0.717) is 41.5 Å². The van der Waals surface area contributed by atoms with Crippen LogP contribution in [0.4, 0.5) is 4.39 Å². The number of fused-ring (bicyclic) bond motifs is 1. The monoisotopic (exact) mass is 502 g/mol. The van der Waals surface area contributed by atoms with Gasteiger partial charge in [-0.25, -0.2) is 24.3 Å². The second-order valence-electron chi connectivity index (χ2n) is 11.0. The lowest BCUT2D eigenvalue weighted by Crippen LogP contribution is -2.17. The standard InChI is InChI=1S/C23H27FN4O.C6H8N2/c1-13-14(2)26-22-20(25-13)19(27-21(28-22)15-8-10-29-11-9-15)17-7-6-16(12-18(17)24)23(3,4)5;1-4-7-8(5-1)6-2-3-6/h6-7,12,15H,8-11H2,1-5H3;1,4-6H,2-3H2. The summed E-state index contributed by atoms with van der Waals surface area (Å²) in [5, 5.41) is 4.09. The first-order chi connectivity index (χ1) is 17.7. The lowest BCUT2D eigenvalue weighted by atomic mass is 9.86. The Labute approximate surface area is 217 Å². The van der Waals surface area contributed by atoms with Gasteiger partial charge in [-0.05, 0) is 68.7 Å². The third-order valence-corrected chi connectivity index (χ3v) is 7.08. The summed E-state index contributed by atoms with van der Waals surface area (Å²) >= 11 is 0. The summed E-state index contributed by atoms with van der Waals surface area (Å²) in [5.41, 5.74) is 4.47. The predicted octanol–water partition coefficient (Wildman–Crippen LogP) is 6.25. The molecule has 3 aromatic heterocycles. The highest BCUT2D eigenvalue weighted by Gasteiger charge is 2.25. The molecule has 7 nitrogen and oxygen atoms in total. The predicted molar refractivity (Wildman–Crippen MR) is 142 cm³/mol. The Hall–Kier alpha value is -3.26. The van der Waals surface area contributed by atoms with Crippen LogP contribution in [-0.4, -0.2) is 42.9 Å². The van der Waals surface area contributed by atoms with Crippen molar-refractivity contribution in [2.45, 2.75) is 77.7 Å². The van der Waals surface area contributed by atoms with E-state index in [-0.39, 0.29) is 17.2 Å². The average molecular weight is 503 g/mol. The quantitative estimate of drug-likeness (QED) is 0.329. The molecule has 0 radical (unpaired) electrons. The Morgan fingerprint density at radius 3 is 2.30 bits per heavy atom. The zero-order valence-electron chi connectivity index (χ0n) is 22.3. The largest absolute Gasteiger partial charge is 0.381 e. The van der Waals surface area contributed by atoms with Crippen molar-refractivity contribution in [3.8, 4) is 11.3 Å². The van der Waals surface area contributed by atoms with Gasteiger partial charge in [0.25, 0.3) is 0 Å². The molecule has 1 saturated heterocycles. The molecular weight excluding hydrogens is 467 g/mol. The Kier molecular flexibility index (Phi) is 7.03. The van der Waals surface area contributed by atoms with Gasteiger partial charge in [-0.3, -0.25) is 4.68 Å². The topological polar surface area (TPSA) is 78.6 Å². The molecule has 0 spiro atoms. The van der Waals surface area contributed by atoms with Gasteiger partial charge >= 0.3 is 0 Å². The molecule has 1 aliphatic heterocycles. The van der Waals surface area contributed by atoms with Crippen molar-refractivity contribution in [1.82, 2.24) is 29.7 Å². The van der Waals surface area contributed by atoms with Gasteiger partial charge in [0.05, 0.1) is 17.4 Å². The molecule has 0 unspecified atom stereocenters. The molecule has 6 rings (SSSR count). The number of benzene rings is 1. The summed E-state index contributed by atoms with van der Waals surface area (Å²) in [6.45, 7) is 11.4. The molecule has 4 aromatic rings. The molecule has 4 heterocycles. The minimum Gasteiger partial charge on any atom is -0.381 e. The van der Waals surface area contributed by atoms with Gasteiger partial charge in [-0.1, -0.05) is 26.8 Å². The van der Waals surface area contributed by atoms with Gasteiger partial charge in [0.15, 0.2) is 5.65 Å². The maximum atomic E-state index is 15.2. The van der Waals surface area contributed by atoms with Crippen molar-refractivity contribution in [1.29, 1.82) is 0 Å². The van der Waals surface area contributed by atoms with Crippen LogP contribution >= 0.6 is 0 Å². The molecule has 2 fully saturated rings. The molecule has 1 aromatic carbocycles. The van der Waals surface area contributed by atoms with Crippen molar-refractivity contribution in [3.63, 3.8) is 0 Å². The van der Waals surface area contributed by atoms with Crippen LogP contribution in [0.15, 0.2) is 36.7 Å². The normalized spacial score (nSPS) is 16.5. The number of nitrogens with zero attached hydrogens (tertiary/aromatic N) is 6. The summed E-state index contributed by atoms with van der Waals surface area (Å²) in [6.07, 6.45) is 8.21. The number of hydrogen-bond acceptors (Lipinski definition) is 6. The first-order valence-electron chi connectivity index (χ1n) is 13.1. The molecule has 37 heavy (non-hydrogen) atoms. The molecule has 1 aliphatic carbocycles. The number of aryl methyl sites for hydroxylation is 2. The van der Waals surface area contributed by atoms with E-state index in [4.69, 9.17) is 14.7 Å². The van der Waals surface area contributed by atoms with E-state index in [1.54, 1.807) is 6.07 Å². The van der Waals surface area contributed by atoms with E-state index >= 15 is 4.39 Å². The van der Waals surface area contributed by atoms with Crippen LogP contribution in [0, 0.1) is 19.7 Å². The summed E-state index contributed by atoms with van der Waals surface area (Å²) in [4.78, 5) is 18.8. The summed E-state index contributed by atoms with van der Waals surface area (Å²) in [5.74, 6) is 0.593. The van der Waals surface area contributed by atoms with E-state index < -0.39 is 0 Å². The molecule has 0 N–H and O–H groups in total. The van der Waals surface area contributed by atoms with Crippen molar-refractivity contribution in [2.75, 3.05) is 13.2 Å². The number of aromatic nitrogens is 6. The second kappa shape index (κ2) is 10.2. The molecule has 0 bridgehead atoms. The molecule has 194 valence electrons. The fourth-order valence-corrected chi connectivity index (χ4v) is 4.46. The summed E-state index contributed by atoms with van der Waals surface area (Å²) in [6, 6.07) is 8.09. The first-order valence-corrected chi connectivity index (χ1v) is 13.1. The van der Waals surface area contributed by atoms with E-state index in [2.05, 4.69) is 35.8 Å². The smallest absolute Gasteiger partial charge is 0.182 e. The van der Waals surface area contributed by atoms with Gasteiger partial charge in [0.2, 0.25) is 0 Å². The fourth-order valence-electron chi connectivity index (χ4n) is 4.46. The van der Waals surface area contributed by atoms with Crippen molar-refractivity contribution in [3.05, 3.63) is 65.3 Å². The van der Waals surface area contributed by atoms with Crippen LogP contribution in [0.2, 0.25) is 0 Å². The number of hydrogen-bond donors (Lipinski definition) is 0. The lowest BCUT2D eigenvalue weighted by Gasteiger charge is -2.22. The Morgan fingerprint density at radius 2 is 1.68 bits per heavy atom. The minimum absolute atomic E-state index is 0.131. The maximum Gasteiger partial charge on any atom is 0.182 e. The third kappa shape index (κ3) is 5.69. The zero-order chi connectivity index (χ0) is 26.2. The third-order valence-electron chi connectivity index (χ3n) is 7.08. The molecular formula is C29H35FN6O. The summed E-state index contributed by atoms with van der Waals surface area (Å²) in [7, 11) is 0. The van der Waals surface area contributed by atoms with Crippen molar-refractivity contribution >= 4 is 11.2 Å². The molecule has 1 saturated carbocycles. The Balaban J connectivity index is 0.000000295. The highest BCUT2D eigenvalue weighted by molar-refractivity contribution is 5.87. The molecule has 8 heteroatoms. The van der Waals surface area contributed by atoms with Gasteiger partial charge in [-0.2, -0.15) is 5.10 Å². The second-order valence-corrected chi connectivity index (χ2v) is 11.0. The first kappa shape index (κ1) is 25.4. The number of halogens is 1. The fraction of sp³-hybridized carbons (Fsp3) is 0.483. The molecule has 2 aliphatic rings. The Bertz CT molecular complexity index is 1390. The van der Waals surface area contributed by atoms with Crippen LogP contribution in [0.1, 0.15) is 81.2 Å². The van der Waals surface area contributed by atoms with E-state index in [0.717, 1.165) is 35.8 Å². The van der Waals surface area contributed by atoms with Crippen molar-refractivity contribution in [2.24, 2.45) is 0 Å². The van der Waals surface area contributed by atoms with Gasteiger partial charge in [0, 0.05) is 37.1 Å². The average Bonchev–Trinajstić information content (AvgIpc) is 3.58. The van der Waals surface area contributed by atoms with Crippen LogP contribution in [0.5, 0.6) is 0 Å². The van der Waals surface area contributed by atoms with Crippen LogP contribution in [0.25, 0.3) is 22.4 Å². The molecule has 0 amide bonds. The SMILES string of the molecule is Cc1nc2nc(C3CCOCC3)nc(-c3ccc(C(C)(C)C)cc3F)c2nc1C.c1cnn(C2CC2)c1. The molecule has 0 atom stereocenters. The van der Waals surface area contributed by atoms with Gasteiger partial charge in [-0.15, -0.1) is 0 Å². The van der Waals surface area contributed by atoms with Gasteiger partial charge < -0.3 is 4.74 Å².